The molecule has 1 aliphatic heterocycles. The molecule has 26 heavy (non-hydrogen) atoms. The largest absolute Gasteiger partial charge is 0.354 e. The van der Waals surface area contributed by atoms with Crippen LogP contribution >= 0.6 is 11.8 Å². The Bertz CT molecular complexity index is 726. The molecule has 0 fully saturated rings. The summed E-state index contributed by atoms with van der Waals surface area (Å²) in [6.45, 7) is 5.60. The third kappa shape index (κ3) is 4.58. The van der Waals surface area contributed by atoms with E-state index in [1.54, 1.807) is 6.33 Å². The van der Waals surface area contributed by atoms with Crippen LogP contribution in [0.15, 0.2) is 35.6 Å². The molecule has 0 saturated carbocycles. The number of para-hydroxylation sites is 1. The summed E-state index contributed by atoms with van der Waals surface area (Å²) in [4.78, 5) is 7.20. The smallest absolute Gasteiger partial charge is 0.198 e. The number of anilines is 1. The molecule has 1 aromatic carbocycles. The van der Waals surface area contributed by atoms with Crippen molar-refractivity contribution in [2.75, 3.05) is 36.5 Å². The first-order valence-corrected chi connectivity index (χ1v) is 10.7. The maximum absolute atomic E-state index is 4.88. The third-order valence-corrected chi connectivity index (χ3v) is 5.26. The molecule has 0 unspecified atom stereocenters. The highest BCUT2D eigenvalue weighted by Crippen LogP contribution is 2.27. The molecule has 140 valence electrons. The van der Waals surface area contributed by atoms with Crippen molar-refractivity contribution in [1.29, 1.82) is 0 Å². The first-order valence-electron chi connectivity index (χ1n) is 9.33. The van der Waals surface area contributed by atoms with Crippen LogP contribution in [0, 0.1) is 0 Å². The van der Waals surface area contributed by atoms with Crippen molar-refractivity contribution in [2.24, 2.45) is 4.99 Å². The van der Waals surface area contributed by atoms with Gasteiger partial charge in [0.2, 0.25) is 0 Å². The van der Waals surface area contributed by atoms with Crippen molar-refractivity contribution in [3.8, 4) is 0 Å². The van der Waals surface area contributed by atoms with E-state index in [4.69, 9.17) is 4.99 Å². The Morgan fingerprint density at radius 3 is 3.08 bits per heavy atom. The van der Waals surface area contributed by atoms with Gasteiger partial charge in [-0.1, -0.05) is 25.1 Å². The van der Waals surface area contributed by atoms with Gasteiger partial charge in [-0.2, -0.15) is 11.8 Å². The molecule has 2 heterocycles. The van der Waals surface area contributed by atoms with Gasteiger partial charge in [-0.15, -0.1) is 10.2 Å². The number of aromatic nitrogens is 3. The van der Waals surface area contributed by atoms with Crippen LogP contribution in [0.3, 0.4) is 0 Å². The van der Waals surface area contributed by atoms with Crippen molar-refractivity contribution < 1.29 is 0 Å². The van der Waals surface area contributed by atoms with Crippen molar-refractivity contribution in [3.05, 3.63) is 42.0 Å². The van der Waals surface area contributed by atoms with E-state index in [2.05, 4.69) is 62.4 Å². The molecular formula is C19H28N6S. The number of hydrogen-bond donors (Lipinski definition) is 1. The van der Waals surface area contributed by atoms with E-state index in [1.807, 2.05) is 11.8 Å². The molecule has 0 spiro atoms. The number of thioether (sulfide) groups is 1. The highest BCUT2D eigenvalue weighted by molar-refractivity contribution is 7.98. The summed E-state index contributed by atoms with van der Waals surface area (Å²) in [6, 6.07) is 8.62. The van der Waals surface area contributed by atoms with Crippen LogP contribution in [0.2, 0.25) is 0 Å². The van der Waals surface area contributed by atoms with E-state index in [9.17, 15) is 0 Å². The zero-order valence-electron chi connectivity index (χ0n) is 15.7. The minimum atomic E-state index is 0.811. The fourth-order valence-corrected chi connectivity index (χ4v) is 3.63. The first-order chi connectivity index (χ1) is 12.8. The van der Waals surface area contributed by atoms with Crippen LogP contribution in [0.5, 0.6) is 0 Å². The monoisotopic (exact) mass is 372 g/mol. The average Bonchev–Trinajstić information content (AvgIpc) is 3.30. The lowest BCUT2D eigenvalue weighted by Crippen LogP contribution is -2.42. The van der Waals surface area contributed by atoms with Gasteiger partial charge in [0, 0.05) is 38.3 Å². The number of fused-ring (bicyclic) bond motifs is 1. The van der Waals surface area contributed by atoms with Crippen LogP contribution in [0.4, 0.5) is 5.69 Å². The lowest BCUT2D eigenvalue weighted by Gasteiger charge is -2.23. The number of rotatable bonds is 8. The van der Waals surface area contributed by atoms with E-state index in [0.717, 1.165) is 63.0 Å². The van der Waals surface area contributed by atoms with Crippen LogP contribution < -0.4 is 10.2 Å². The minimum absolute atomic E-state index is 0.811. The van der Waals surface area contributed by atoms with Crippen LogP contribution in [-0.4, -0.2) is 52.4 Å². The fraction of sp³-hybridized carbons (Fsp3) is 0.526. The van der Waals surface area contributed by atoms with Gasteiger partial charge in [-0.25, -0.2) is 0 Å². The molecule has 2 aromatic rings. The predicted octanol–water partition coefficient (Wildman–Crippen LogP) is 2.60. The minimum Gasteiger partial charge on any atom is -0.354 e. The zero-order chi connectivity index (χ0) is 18.2. The SMILES string of the molecule is CCc1nncn1CCNC(=NCCCSC)N1CCc2ccccc21. The Kier molecular flexibility index (Phi) is 6.94. The third-order valence-electron chi connectivity index (χ3n) is 4.56. The second kappa shape index (κ2) is 9.62. The Morgan fingerprint density at radius 1 is 1.35 bits per heavy atom. The molecule has 0 amide bonds. The number of nitrogens with one attached hydrogen (secondary N) is 1. The number of nitrogens with zero attached hydrogens (tertiary/aromatic N) is 5. The molecule has 1 aromatic heterocycles. The van der Waals surface area contributed by atoms with Gasteiger partial charge in [-0.05, 0) is 36.5 Å². The fourth-order valence-electron chi connectivity index (χ4n) is 3.22. The van der Waals surface area contributed by atoms with Gasteiger partial charge in [0.1, 0.15) is 12.2 Å². The molecule has 3 rings (SSSR count). The van der Waals surface area contributed by atoms with Gasteiger partial charge in [-0.3, -0.25) is 4.99 Å². The highest BCUT2D eigenvalue weighted by atomic mass is 32.2. The quantitative estimate of drug-likeness (QED) is 0.438. The summed E-state index contributed by atoms with van der Waals surface area (Å²) < 4.78 is 2.11. The Balaban J connectivity index is 1.66. The number of benzene rings is 1. The summed E-state index contributed by atoms with van der Waals surface area (Å²) >= 11 is 1.87. The van der Waals surface area contributed by atoms with E-state index in [-0.39, 0.29) is 0 Å². The van der Waals surface area contributed by atoms with E-state index >= 15 is 0 Å². The van der Waals surface area contributed by atoms with Gasteiger partial charge in [0.05, 0.1) is 0 Å². The topological polar surface area (TPSA) is 58.3 Å². The summed E-state index contributed by atoms with van der Waals surface area (Å²) in [5.41, 5.74) is 2.68. The number of guanidine groups is 1. The summed E-state index contributed by atoms with van der Waals surface area (Å²) in [7, 11) is 0. The molecule has 7 heteroatoms. The van der Waals surface area contributed by atoms with Gasteiger partial charge in [0.15, 0.2) is 5.96 Å². The van der Waals surface area contributed by atoms with Crippen LogP contribution in [0.25, 0.3) is 0 Å². The predicted molar refractivity (Wildman–Crippen MR) is 110 cm³/mol. The summed E-state index contributed by atoms with van der Waals surface area (Å²) in [5, 5.41) is 11.7. The first kappa shape index (κ1) is 18.8. The normalized spacial score (nSPS) is 13.9. The van der Waals surface area contributed by atoms with Crippen molar-refractivity contribution in [1.82, 2.24) is 20.1 Å². The number of hydrogen-bond acceptors (Lipinski definition) is 4. The molecule has 0 radical (unpaired) electrons. The van der Waals surface area contributed by atoms with E-state index < -0.39 is 0 Å². The van der Waals surface area contributed by atoms with Crippen molar-refractivity contribution >= 4 is 23.4 Å². The van der Waals surface area contributed by atoms with E-state index in [1.165, 1.54) is 11.3 Å². The summed E-state index contributed by atoms with van der Waals surface area (Å²) in [5.74, 6) is 3.16. The van der Waals surface area contributed by atoms with Gasteiger partial charge < -0.3 is 14.8 Å². The lowest BCUT2D eigenvalue weighted by atomic mass is 10.2. The number of aryl methyl sites for hydroxylation is 1. The molecule has 0 atom stereocenters. The zero-order valence-corrected chi connectivity index (χ0v) is 16.5. The van der Waals surface area contributed by atoms with Crippen molar-refractivity contribution in [3.63, 3.8) is 0 Å². The van der Waals surface area contributed by atoms with Crippen molar-refractivity contribution in [2.45, 2.75) is 32.7 Å². The lowest BCUT2D eigenvalue weighted by molar-refractivity contribution is 0.636. The molecule has 0 aliphatic carbocycles. The second-order valence-electron chi connectivity index (χ2n) is 6.30. The molecular weight excluding hydrogens is 344 g/mol. The molecule has 1 N–H and O–H groups in total. The standard InChI is InChI=1S/C19H28N6S/c1-3-18-23-22-15-24(18)13-11-21-19(20-10-6-14-26-2)25-12-9-16-7-4-5-8-17(16)25/h4-5,7-8,15H,3,6,9-14H2,1-2H3,(H,20,21). The maximum Gasteiger partial charge on any atom is 0.198 e. The Hall–Kier alpha value is -2.02. The molecule has 0 bridgehead atoms. The van der Waals surface area contributed by atoms with Crippen LogP contribution in [0.1, 0.15) is 24.7 Å². The number of aliphatic imine (C=N–C) groups is 1. The van der Waals surface area contributed by atoms with Gasteiger partial charge >= 0.3 is 0 Å². The Morgan fingerprint density at radius 2 is 2.23 bits per heavy atom. The Labute approximate surface area is 160 Å². The molecule has 1 aliphatic rings. The maximum atomic E-state index is 4.88. The van der Waals surface area contributed by atoms with Crippen LogP contribution in [-0.2, 0) is 19.4 Å². The summed E-state index contributed by atoms with van der Waals surface area (Å²) in [6.07, 6.45) is 7.03. The van der Waals surface area contributed by atoms with Gasteiger partial charge in [0.25, 0.3) is 0 Å². The second-order valence-corrected chi connectivity index (χ2v) is 7.29. The molecule has 6 nitrogen and oxygen atoms in total. The molecule has 0 saturated heterocycles. The van der Waals surface area contributed by atoms with E-state index in [0.29, 0.717) is 0 Å². The average molecular weight is 373 g/mol. The highest BCUT2D eigenvalue weighted by Gasteiger charge is 2.22.